The molecule has 6 heteroatoms. The molecule has 6 nitrogen and oxygen atoms in total. The normalized spacial score (nSPS) is 16.1. The average Bonchev–Trinajstić information content (AvgIpc) is 3.11. The third-order valence-corrected chi connectivity index (χ3v) is 5.43. The number of amides is 3. The van der Waals surface area contributed by atoms with E-state index in [1.54, 1.807) is 34.1 Å². The van der Waals surface area contributed by atoms with E-state index in [2.05, 4.69) is 5.32 Å². The highest BCUT2D eigenvalue weighted by Crippen LogP contribution is 2.23. The molecule has 0 bridgehead atoms. The maximum atomic E-state index is 13.0. The molecule has 1 saturated heterocycles. The van der Waals surface area contributed by atoms with Crippen molar-refractivity contribution in [3.05, 3.63) is 59.7 Å². The van der Waals surface area contributed by atoms with Crippen LogP contribution in [0.25, 0.3) is 0 Å². The topological polar surface area (TPSA) is 69.7 Å². The van der Waals surface area contributed by atoms with Crippen molar-refractivity contribution in [2.24, 2.45) is 5.92 Å². The Balaban J connectivity index is 1.66. The maximum absolute atomic E-state index is 13.0. The predicted octanol–water partition coefficient (Wildman–Crippen LogP) is 3.86. The molecular formula is C24H29N3O3. The first-order valence-electron chi connectivity index (χ1n) is 10.4. The number of anilines is 2. The van der Waals surface area contributed by atoms with E-state index in [4.69, 9.17) is 0 Å². The number of hydrogen-bond donors (Lipinski definition) is 1. The zero-order valence-corrected chi connectivity index (χ0v) is 18.0. The number of carbonyl (C=O) groups excluding carboxylic acids is 3. The van der Waals surface area contributed by atoms with Gasteiger partial charge in [0, 0.05) is 42.5 Å². The molecule has 1 heterocycles. The Labute approximate surface area is 177 Å². The summed E-state index contributed by atoms with van der Waals surface area (Å²) < 4.78 is 0. The summed E-state index contributed by atoms with van der Waals surface area (Å²) in [6.07, 6.45) is 0.239. The molecule has 1 fully saturated rings. The van der Waals surface area contributed by atoms with Crippen LogP contribution in [0.1, 0.15) is 43.1 Å². The largest absolute Gasteiger partial charge is 0.339 e. The van der Waals surface area contributed by atoms with Crippen molar-refractivity contribution in [3.63, 3.8) is 0 Å². The second-order valence-electron chi connectivity index (χ2n) is 8.00. The lowest BCUT2D eigenvalue weighted by atomic mass is 10.1. The van der Waals surface area contributed by atoms with Gasteiger partial charge in [-0.25, -0.2) is 0 Å². The van der Waals surface area contributed by atoms with Crippen LogP contribution < -0.4 is 10.2 Å². The number of rotatable bonds is 6. The lowest BCUT2D eigenvalue weighted by molar-refractivity contribution is -0.129. The van der Waals surface area contributed by atoms with Crippen LogP contribution in [0.5, 0.6) is 0 Å². The first-order valence-corrected chi connectivity index (χ1v) is 10.4. The molecule has 1 aliphatic heterocycles. The second kappa shape index (κ2) is 9.11. The van der Waals surface area contributed by atoms with E-state index in [0.717, 1.165) is 11.3 Å². The summed E-state index contributed by atoms with van der Waals surface area (Å²) in [5.74, 6) is -0.588. The van der Waals surface area contributed by atoms with Gasteiger partial charge in [-0.1, -0.05) is 12.1 Å². The van der Waals surface area contributed by atoms with Crippen molar-refractivity contribution in [3.8, 4) is 0 Å². The fourth-order valence-corrected chi connectivity index (χ4v) is 3.74. The second-order valence-corrected chi connectivity index (χ2v) is 8.00. The smallest absolute Gasteiger partial charge is 0.258 e. The van der Waals surface area contributed by atoms with E-state index in [1.807, 2.05) is 52.0 Å². The number of benzene rings is 2. The van der Waals surface area contributed by atoms with E-state index < -0.39 is 0 Å². The number of likely N-dealkylation sites (tertiary alicyclic amines) is 1. The summed E-state index contributed by atoms with van der Waals surface area (Å²) in [4.78, 5) is 41.0. The van der Waals surface area contributed by atoms with E-state index in [1.165, 1.54) is 0 Å². The monoisotopic (exact) mass is 407 g/mol. The molecule has 0 aromatic heterocycles. The van der Waals surface area contributed by atoms with Crippen LogP contribution in [-0.2, 0) is 9.59 Å². The van der Waals surface area contributed by atoms with Crippen molar-refractivity contribution in [2.75, 3.05) is 23.3 Å². The Bertz CT molecular complexity index is 937. The minimum Gasteiger partial charge on any atom is -0.339 e. The third kappa shape index (κ3) is 4.70. The molecule has 2 aromatic carbocycles. The maximum Gasteiger partial charge on any atom is 0.258 e. The van der Waals surface area contributed by atoms with Gasteiger partial charge < -0.3 is 15.1 Å². The Morgan fingerprint density at radius 1 is 1.17 bits per heavy atom. The van der Waals surface area contributed by atoms with E-state index >= 15 is 0 Å². The highest BCUT2D eigenvalue weighted by Gasteiger charge is 2.35. The summed E-state index contributed by atoms with van der Waals surface area (Å²) in [6.45, 7) is 8.84. The summed E-state index contributed by atoms with van der Waals surface area (Å²) in [5, 5.41) is 2.87. The Kier molecular flexibility index (Phi) is 6.55. The highest BCUT2D eigenvalue weighted by atomic mass is 16.2. The zero-order valence-electron chi connectivity index (χ0n) is 18.0. The summed E-state index contributed by atoms with van der Waals surface area (Å²) >= 11 is 0. The summed E-state index contributed by atoms with van der Waals surface area (Å²) in [6, 6.07) is 14.8. The Hall–Kier alpha value is -3.15. The van der Waals surface area contributed by atoms with Crippen LogP contribution in [0.2, 0.25) is 0 Å². The molecule has 2 aromatic rings. The molecule has 3 rings (SSSR count). The zero-order chi connectivity index (χ0) is 21.8. The summed E-state index contributed by atoms with van der Waals surface area (Å²) in [7, 11) is 0. The van der Waals surface area contributed by atoms with Crippen LogP contribution in [0.3, 0.4) is 0 Å². The van der Waals surface area contributed by atoms with Gasteiger partial charge in [-0.2, -0.15) is 0 Å². The molecule has 1 N–H and O–H groups in total. The van der Waals surface area contributed by atoms with Gasteiger partial charge in [-0.05, 0) is 69.7 Å². The highest BCUT2D eigenvalue weighted by molar-refractivity contribution is 6.06. The SMILES string of the molecule is CCN(C(=O)c1ccc(NC(=O)C2CC(=O)N(C(C)C)C2)cc1)c1cccc(C)c1. The van der Waals surface area contributed by atoms with Crippen molar-refractivity contribution in [1.29, 1.82) is 0 Å². The first kappa shape index (κ1) is 21.6. The van der Waals surface area contributed by atoms with Gasteiger partial charge in [0.05, 0.1) is 5.92 Å². The standard InChI is InChI=1S/C24H29N3O3/c1-5-26(21-8-6-7-17(4)13-21)24(30)18-9-11-20(12-10-18)25-23(29)19-14-22(28)27(15-19)16(2)3/h6-13,16,19H,5,14-15H2,1-4H3,(H,25,29). The van der Waals surface area contributed by atoms with Gasteiger partial charge in [-0.3, -0.25) is 14.4 Å². The van der Waals surface area contributed by atoms with Gasteiger partial charge >= 0.3 is 0 Å². The quantitative estimate of drug-likeness (QED) is 0.791. The number of carbonyl (C=O) groups is 3. The van der Waals surface area contributed by atoms with Crippen LogP contribution in [0.4, 0.5) is 11.4 Å². The molecule has 0 saturated carbocycles. The van der Waals surface area contributed by atoms with E-state index in [-0.39, 0.29) is 36.1 Å². The molecular weight excluding hydrogens is 378 g/mol. The molecule has 0 spiro atoms. The van der Waals surface area contributed by atoms with Gasteiger partial charge in [0.1, 0.15) is 0 Å². The van der Waals surface area contributed by atoms with Crippen LogP contribution in [-0.4, -0.2) is 41.8 Å². The fraction of sp³-hybridized carbons (Fsp3) is 0.375. The number of nitrogens with zero attached hydrogens (tertiary/aromatic N) is 2. The number of hydrogen-bond acceptors (Lipinski definition) is 3. The number of nitrogens with one attached hydrogen (secondary N) is 1. The van der Waals surface area contributed by atoms with Crippen molar-refractivity contribution >= 4 is 29.1 Å². The van der Waals surface area contributed by atoms with Gasteiger partial charge in [0.2, 0.25) is 11.8 Å². The predicted molar refractivity (Wildman–Crippen MR) is 119 cm³/mol. The molecule has 1 unspecified atom stereocenters. The minimum absolute atomic E-state index is 0.0156. The lowest BCUT2D eigenvalue weighted by Gasteiger charge is -2.22. The first-order chi connectivity index (χ1) is 14.3. The molecule has 0 aliphatic carbocycles. The van der Waals surface area contributed by atoms with Crippen LogP contribution >= 0.6 is 0 Å². The number of aryl methyl sites for hydroxylation is 1. The van der Waals surface area contributed by atoms with Crippen LogP contribution in [0, 0.1) is 12.8 Å². The van der Waals surface area contributed by atoms with Crippen molar-refractivity contribution in [1.82, 2.24) is 4.90 Å². The van der Waals surface area contributed by atoms with Gasteiger partial charge in [0.25, 0.3) is 5.91 Å². The molecule has 0 radical (unpaired) electrons. The average molecular weight is 408 g/mol. The third-order valence-electron chi connectivity index (χ3n) is 5.43. The van der Waals surface area contributed by atoms with Crippen molar-refractivity contribution in [2.45, 2.75) is 40.2 Å². The summed E-state index contributed by atoms with van der Waals surface area (Å²) in [5.41, 5.74) is 3.13. The minimum atomic E-state index is -0.349. The fourth-order valence-electron chi connectivity index (χ4n) is 3.74. The van der Waals surface area contributed by atoms with Crippen molar-refractivity contribution < 1.29 is 14.4 Å². The van der Waals surface area contributed by atoms with Crippen LogP contribution in [0.15, 0.2) is 48.5 Å². The molecule has 1 aliphatic rings. The lowest BCUT2D eigenvalue weighted by Crippen LogP contribution is -2.33. The van der Waals surface area contributed by atoms with E-state index in [9.17, 15) is 14.4 Å². The molecule has 30 heavy (non-hydrogen) atoms. The van der Waals surface area contributed by atoms with Gasteiger partial charge in [-0.15, -0.1) is 0 Å². The Morgan fingerprint density at radius 2 is 1.87 bits per heavy atom. The van der Waals surface area contributed by atoms with E-state index in [0.29, 0.717) is 24.3 Å². The molecule has 158 valence electrons. The molecule has 1 atom stereocenters. The molecule has 3 amide bonds. The Morgan fingerprint density at radius 3 is 2.43 bits per heavy atom. The van der Waals surface area contributed by atoms with Gasteiger partial charge in [0.15, 0.2) is 0 Å².